The molecule has 1 aromatic carbocycles. The fourth-order valence-corrected chi connectivity index (χ4v) is 3.39. The molecule has 0 spiro atoms. The number of anilines is 1. The molecule has 27 heavy (non-hydrogen) atoms. The van der Waals surface area contributed by atoms with Gasteiger partial charge in [0.1, 0.15) is 0 Å². The Morgan fingerprint density at radius 1 is 1.26 bits per heavy atom. The molecule has 1 atom stereocenters. The van der Waals surface area contributed by atoms with Crippen LogP contribution >= 0.6 is 11.3 Å². The van der Waals surface area contributed by atoms with Crippen LogP contribution in [0, 0.1) is 0 Å². The van der Waals surface area contributed by atoms with Crippen LogP contribution in [0.5, 0.6) is 11.5 Å². The number of fused-ring (bicyclic) bond motifs is 1. The van der Waals surface area contributed by atoms with E-state index in [0.29, 0.717) is 22.7 Å². The molecule has 3 aromatic rings. The van der Waals surface area contributed by atoms with Crippen LogP contribution in [0.15, 0.2) is 29.9 Å². The summed E-state index contributed by atoms with van der Waals surface area (Å²) in [6, 6.07) is 2.83. The number of amides is 2. The third kappa shape index (κ3) is 3.87. The van der Waals surface area contributed by atoms with Crippen LogP contribution in [0.25, 0.3) is 4.96 Å². The molecule has 0 fully saturated rings. The summed E-state index contributed by atoms with van der Waals surface area (Å²) in [4.78, 5) is 29.6. The number of methoxy groups -OCH3 is 2. The minimum absolute atomic E-state index is 0.278. The summed E-state index contributed by atoms with van der Waals surface area (Å²) >= 11 is 1.53. The van der Waals surface area contributed by atoms with E-state index >= 15 is 0 Å². The van der Waals surface area contributed by atoms with E-state index in [1.807, 2.05) is 29.1 Å². The highest BCUT2D eigenvalue weighted by Crippen LogP contribution is 2.36. The van der Waals surface area contributed by atoms with E-state index in [4.69, 9.17) is 9.47 Å². The molecule has 0 saturated carbocycles. The van der Waals surface area contributed by atoms with Crippen molar-refractivity contribution in [2.45, 2.75) is 19.9 Å². The molecule has 2 amide bonds. The molecule has 2 aromatic heterocycles. The predicted molar refractivity (Wildman–Crippen MR) is 103 cm³/mol. The Hall–Kier alpha value is -3.07. The number of rotatable bonds is 6. The minimum Gasteiger partial charge on any atom is -0.493 e. The molecule has 0 aliphatic carbocycles. The maximum atomic E-state index is 12.7. The van der Waals surface area contributed by atoms with Crippen molar-refractivity contribution in [3.63, 3.8) is 0 Å². The topological polar surface area (TPSA) is 94.0 Å². The molecular formula is C18H20N4O4S. The molecule has 8 nitrogen and oxygen atoms in total. The highest BCUT2D eigenvalue weighted by atomic mass is 32.1. The van der Waals surface area contributed by atoms with Gasteiger partial charge in [-0.1, -0.05) is 0 Å². The smallest absolute Gasteiger partial charge is 0.252 e. The third-order valence-corrected chi connectivity index (χ3v) is 4.73. The van der Waals surface area contributed by atoms with Gasteiger partial charge in [-0.25, -0.2) is 4.98 Å². The number of benzene rings is 1. The lowest BCUT2D eigenvalue weighted by Crippen LogP contribution is -2.27. The molecule has 0 aliphatic rings. The highest BCUT2D eigenvalue weighted by Gasteiger charge is 2.19. The van der Waals surface area contributed by atoms with Crippen molar-refractivity contribution in [2.24, 2.45) is 0 Å². The average molecular weight is 388 g/mol. The molecule has 1 unspecified atom stereocenters. The van der Waals surface area contributed by atoms with Gasteiger partial charge >= 0.3 is 0 Å². The summed E-state index contributed by atoms with van der Waals surface area (Å²) in [7, 11) is 2.94. The maximum absolute atomic E-state index is 12.7. The van der Waals surface area contributed by atoms with Gasteiger partial charge in [-0.15, -0.1) is 11.3 Å². The van der Waals surface area contributed by atoms with E-state index < -0.39 is 0 Å². The molecule has 2 heterocycles. The zero-order valence-electron chi connectivity index (χ0n) is 15.4. The van der Waals surface area contributed by atoms with E-state index in [-0.39, 0.29) is 17.9 Å². The number of hydrogen-bond donors (Lipinski definition) is 2. The number of nitrogens with zero attached hydrogens (tertiary/aromatic N) is 2. The predicted octanol–water partition coefficient (Wildman–Crippen LogP) is 2.86. The van der Waals surface area contributed by atoms with E-state index in [0.717, 1.165) is 10.7 Å². The van der Waals surface area contributed by atoms with Crippen LogP contribution in [0.1, 0.15) is 35.9 Å². The van der Waals surface area contributed by atoms with E-state index in [1.54, 1.807) is 12.1 Å². The molecule has 3 rings (SSSR count). The third-order valence-electron chi connectivity index (χ3n) is 3.95. The summed E-state index contributed by atoms with van der Waals surface area (Å²) < 4.78 is 12.5. The number of aromatic nitrogens is 2. The first-order valence-electron chi connectivity index (χ1n) is 8.19. The Kier molecular flexibility index (Phi) is 5.31. The van der Waals surface area contributed by atoms with Gasteiger partial charge in [0, 0.05) is 30.3 Å². The van der Waals surface area contributed by atoms with Crippen molar-refractivity contribution < 1.29 is 19.1 Å². The second-order valence-electron chi connectivity index (χ2n) is 5.89. The van der Waals surface area contributed by atoms with Gasteiger partial charge in [0.05, 0.1) is 31.6 Å². The van der Waals surface area contributed by atoms with Gasteiger partial charge in [-0.3, -0.25) is 14.0 Å². The highest BCUT2D eigenvalue weighted by molar-refractivity contribution is 7.15. The molecule has 0 bridgehead atoms. The molecular weight excluding hydrogens is 368 g/mol. The lowest BCUT2D eigenvalue weighted by atomic mass is 10.1. The Bertz CT molecular complexity index is 966. The maximum Gasteiger partial charge on any atom is 0.252 e. The fraction of sp³-hybridized carbons (Fsp3) is 0.278. The van der Waals surface area contributed by atoms with Crippen molar-refractivity contribution in [2.75, 3.05) is 19.5 Å². The van der Waals surface area contributed by atoms with Crippen molar-refractivity contribution >= 4 is 33.8 Å². The number of carbonyl (C=O) groups is 2. The summed E-state index contributed by atoms with van der Waals surface area (Å²) in [5.74, 6) is 0.112. The SMILES string of the molecule is COc1cc(C(=O)NC(C)c2cn3ccsc3n2)cc(NC(C)=O)c1OC. The van der Waals surface area contributed by atoms with Gasteiger partial charge in [0.15, 0.2) is 16.5 Å². The van der Waals surface area contributed by atoms with Crippen LogP contribution in [-0.2, 0) is 4.79 Å². The zero-order chi connectivity index (χ0) is 19.6. The Morgan fingerprint density at radius 2 is 2.04 bits per heavy atom. The van der Waals surface area contributed by atoms with Gasteiger partial charge < -0.3 is 20.1 Å². The van der Waals surface area contributed by atoms with Gasteiger partial charge in [0.25, 0.3) is 5.91 Å². The first kappa shape index (κ1) is 18.7. The van der Waals surface area contributed by atoms with Crippen molar-refractivity contribution in [3.05, 3.63) is 41.2 Å². The zero-order valence-corrected chi connectivity index (χ0v) is 16.2. The standard InChI is InChI=1S/C18H20N4O4S/c1-10(14-9-22-5-6-27-18(22)21-14)19-17(24)12-7-13(20-11(2)23)16(26-4)15(8-12)25-3/h5-10H,1-4H3,(H,19,24)(H,20,23). The molecule has 0 saturated heterocycles. The summed E-state index contributed by atoms with van der Waals surface area (Å²) in [6.45, 7) is 3.24. The number of thiazole rings is 1. The largest absolute Gasteiger partial charge is 0.493 e. The second kappa shape index (κ2) is 7.67. The first-order valence-corrected chi connectivity index (χ1v) is 9.07. The number of carbonyl (C=O) groups excluding carboxylic acids is 2. The quantitative estimate of drug-likeness (QED) is 0.677. The normalized spacial score (nSPS) is 11.9. The lowest BCUT2D eigenvalue weighted by molar-refractivity contribution is -0.114. The van der Waals surface area contributed by atoms with E-state index in [9.17, 15) is 9.59 Å². The lowest BCUT2D eigenvalue weighted by Gasteiger charge is -2.16. The van der Waals surface area contributed by atoms with Gasteiger partial charge in [-0.05, 0) is 19.1 Å². The summed E-state index contributed by atoms with van der Waals surface area (Å²) in [6.07, 6.45) is 3.80. The summed E-state index contributed by atoms with van der Waals surface area (Å²) in [5.41, 5.74) is 1.46. The average Bonchev–Trinajstić information content (AvgIpc) is 3.22. The molecule has 9 heteroatoms. The van der Waals surface area contributed by atoms with Gasteiger partial charge in [-0.2, -0.15) is 0 Å². The second-order valence-corrected chi connectivity index (χ2v) is 6.77. The Labute approximate surface area is 160 Å². The van der Waals surface area contributed by atoms with Crippen molar-refractivity contribution in [3.8, 4) is 11.5 Å². The number of nitrogens with one attached hydrogen (secondary N) is 2. The van der Waals surface area contributed by atoms with Gasteiger partial charge in [0.2, 0.25) is 5.91 Å². The fourth-order valence-electron chi connectivity index (χ4n) is 2.69. The number of ether oxygens (including phenoxy) is 2. The number of imidazole rings is 1. The van der Waals surface area contributed by atoms with Crippen molar-refractivity contribution in [1.82, 2.24) is 14.7 Å². The van der Waals surface area contributed by atoms with Crippen LogP contribution in [0.4, 0.5) is 5.69 Å². The minimum atomic E-state index is -0.314. The summed E-state index contributed by atoms with van der Waals surface area (Å²) in [5, 5.41) is 7.52. The molecule has 0 aliphatic heterocycles. The monoisotopic (exact) mass is 388 g/mol. The Morgan fingerprint density at radius 3 is 2.67 bits per heavy atom. The van der Waals surface area contributed by atoms with Crippen LogP contribution in [0.2, 0.25) is 0 Å². The number of hydrogen-bond acceptors (Lipinski definition) is 6. The Balaban J connectivity index is 1.86. The molecule has 0 radical (unpaired) electrons. The molecule has 2 N–H and O–H groups in total. The van der Waals surface area contributed by atoms with Crippen LogP contribution in [-0.4, -0.2) is 35.4 Å². The van der Waals surface area contributed by atoms with E-state index in [1.165, 1.54) is 32.5 Å². The van der Waals surface area contributed by atoms with E-state index in [2.05, 4.69) is 15.6 Å². The van der Waals surface area contributed by atoms with Crippen LogP contribution < -0.4 is 20.1 Å². The van der Waals surface area contributed by atoms with Crippen LogP contribution in [0.3, 0.4) is 0 Å². The molecule has 142 valence electrons. The van der Waals surface area contributed by atoms with Crippen molar-refractivity contribution in [1.29, 1.82) is 0 Å². The first-order chi connectivity index (χ1) is 12.9.